The molecule has 0 radical (unpaired) electrons. The maximum absolute atomic E-state index is 10.9. The lowest BCUT2D eigenvalue weighted by Gasteiger charge is -2.44. The van der Waals surface area contributed by atoms with Crippen LogP contribution < -0.4 is 0 Å². The van der Waals surface area contributed by atoms with Crippen molar-refractivity contribution in [2.75, 3.05) is 5.75 Å². The van der Waals surface area contributed by atoms with Crippen LogP contribution in [0.25, 0.3) is 10.9 Å². The summed E-state index contributed by atoms with van der Waals surface area (Å²) in [6.45, 7) is 14.2. The Morgan fingerprint density at radius 3 is 2.08 bits per heavy atom. The second kappa shape index (κ2) is 7.86. The van der Waals surface area contributed by atoms with Gasteiger partial charge in [0.1, 0.15) is 0 Å². The van der Waals surface area contributed by atoms with Crippen molar-refractivity contribution >= 4 is 29.3 Å². The van der Waals surface area contributed by atoms with Gasteiger partial charge in [0.05, 0.1) is 5.75 Å². The number of hydrogen-bond acceptors (Lipinski definition) is 2. The molecule has 0 spiro atoms. The highest BCUT2D eigenvalue weighted by molar-refractivity contribution is 7.85. The van der Waals surface area contributed by atoms with Gasteiger partial charge in [0.25, 0.3) is 10.1 Å². The summed E-state index contributed by atoms with van der Waals surface area (Å²) in [5.41, 5.74) is 4.30. The summed E-state index contributed by atoms with van der Waals surface area (Å²) in [5.74, 6) is -0.184. The Morgan fingerprint density at radius 1 is 1.00 bits per heavy atom. The van der Waals surface area contributed by atoms with Crippen molar-refractivity contribution in [3.05, 3.63) is 36.0 Å². The first-order chi connectivity index (χ1) is 12.0. The van der Waals surface area contributed by atoms with Gasteiger partial charge >= 0.3 is 0 Å². The molecule has 0 saturated heterocycles. The lowest BCUT2D eigenvalue weighted by atomic mass is 10.1. The van der Waals surface area contributed by atoms with Gasteiger partial charge < -0.3 is 4.23 Å². The number of nitrogens with zero attached hydrogens (tertiary/aromatic N) is 1. The third-order valence-electron chi connectivity index (χ3n) is 5.81. The number of aromatic nitrogens is 1. The van der Waals surface area contributed by atoms with Crippen molar-refractivity contribution < 1.29 is 13.0 Å². The molecule has 6 heteroatoms. The molecular formula is C20H33NO3SSi. The Kier molecular flexibility index (Phi) is 6.41. The monoisotopic (exact) mass is 395 g/mol. The third-order valence-corrected chi connectivity index (χ3v) is 13.4. The van der Waals surface area contributed by atoms with Crippen LogP contribution in [0, 0.1) is 0 Å². The number of fused-ring (bicyclic) bond motifs is 1. The highest BCUT2D eigenvalue weighted by atomic mass is 32.2. The maximum atomic E-state index is 10.9. The summed E-state index contributed by atoms with van der Waals surface area (Å²) in [6.07, 6.45) is 3.36. The zero-order valence-electron chi connectivity index (χ0n) is 16.9. The van der Waals surface area contributed by atoms with Crippen LogP contribution in [0.15, 0.2) is 30.5 Å². The molecule has 2 rings (SSSR count). The molecule has 26 heavy (non-hydrogen) atoms. The van der Waals surface area contributed by atoms with Gasteiger partial charge in [-0.15, -0.1) is 0 Å². The van der Waals surface area contributed by atoms with E-state index in [0.717, 1.165) is 5.56 Å². The number of benzene rings is 1. The van der Waals surface area contributed by atoms with Crippen LogP contribution in [0.2, 0.25) is 16.6 Å². The van der Waals surface area contributed by atoms with Crippen LogP contribution in [0.1, 0.15) is 53.5 Å². The van der Waals surface area contributed by atoms with E-state index in [1.54, 1.807) is 0 Å². The lowest BCUT2D eigenvalue weighted by molar-refractivity contribution is 0.481. The van der Waals surface area contributed by atoms with Gasteiger partial charge in [-0.05, 0) is 64.8 Å². The van der Waals surface area contributed by atoms with E-state index in [4.69, 9.17) is 4.55 Å². The Bertz CT molecular complexity index is 831. The Balaban J connectivity index is 2.42. The number of rotatable bonds is 8. The van der Waals surface area contributed by atoms with E-state index in [1.165, 1.54) is 10.9 Å². The number of aryl methyl sites for hydroxylation is 1. The van der Waals surface area contributed by atoms with E-state index >= 15 is 0 Å². The summed E-state index contributed by atoms with van der Waals surface area (Å²) in [4.78, 5) is 0. The Hall–Kier alpha value is -1.11. The van der Waals surface area contributed by atoms with Gasteiger partial charge in [0.15, 0.2) is 8.24 Å². The Morgan fingerprint density at radius 2 is 1.58 bits per heavy atom. The largest absolute Gasteiger partial charge is 0.373 e. The summed E-state index contributed by atoms with van der Waals surface area (Å²) in [5, 5.41) is 1.22. The topological polar surface area (TPSA) is 59.3 Å². The van der Waals surface area contributed by atoms with Gasteiger partial charge in [-0.2, -0.15) is 8.42 Å². The smallest absolute Gasteiger partial charge is 0.264 e. The van der Waals surface area contributed by atoms with Crippen LogP contribution in [-0.4, -0.2) is 31.2 Å². The van der Waals surface area contributed by atoms with Crippen LogP contribution in [0.4, 0.5) is 0 Å². The number of hydrogen-bond donors (Lipinski definition) is 1. The van der Waals surface area contributed by atoms with E-state index in [9.17, 15) is 8.42 Å². The first kappa shape index (κ1) is 21.2. The summed E-state index contributed by atoms with van der Waals surface area (Å²) in [6, 6.07) is 8.64. The Labute approximate surface area is 159 Å². The molecule has 4 nitrogen and oxygen atoms in total. The van der Waals surface area contributed by atoms with Crippen molar-refractivity contribution in [2.45, 2.75) is 71.0 Å². The van der Waals surface area contributed by atoms with E-state index in [2.05, 4.69) is 76.2 Å². The van der Waals surface area contributed by atoms with Crippen molar-refractivity contribution in [2.24, 2.45) is 0 Å². The average molecular weight is 396 g/mol. The molecule has 146 valence electrons. The van der Waals surface area contributed by atoms with Crippen molar-refractivity contribution in [1.82, 2.24) is 4.23 Å². The molecule has 1 N–H and O–H groups in total. The van der Waals surface area contributed by atoms with E-state index < -0.39 is 18.4 Å². The molecule has 1 aromatic carbocycles. The second-order valence-corrected chi connectivity index (χ2v) is 15.6. The molecule has 0 unspecified atom stereocenters. The van der Waals surface area contributed by atoms with E-state index in [-0.39, 0.29) is 5.75 Å². The molecule has 0 amide bonds. The predicted molar refractivity (Wildman–Crippen MR) is 113 cm³/mol. The van der Waals surface area contributed by atoms with Crippen LogP contribution in [-0.2, 0) is 16.5 Å². The molecule has 0 aliphatic rings. The average Bonchev–Trinajstić information content (AvgIpc) is 2.89. The minimum atomic E-state index is -3.88. The van der Waals surface area contributed by atoms with Gasteiger partial charge in [0.2, 0.25) is 0 Å². The molecular weight excluding hydrogens is 362 g/mol. The van der Waals surface area contributed by atoms with Gasteiger partial charge in [-0.1, -0.05) is 47.6 Å². The lowest BCUT2D eigenvalue weighted by Crippen LogP contribution is -2.51. The maximum Gasteiger partial charge on any atom is 0.264 e. The second-order valence-electron chi connectivity index (χ2n) is 8.32. The first-order valence-electron chi connectivity index (χ1n) is 9.55. The summed E-state index contributed by atoms with van der Waals surface area (Å²) < 4.78 is 33.3. The zero-order chi connectivity index (χ0) is 19.7. The van der Waals surface area contributed by atoms with E-state index in [1.807, 2.05) is 0 Å². The fraction of sp³-hybridized carbons (Fsp3) is 0.600. The van der Waals surface area contributed by atoms with Crippen molar-refractivity contribution in [1.29, 1.82) is 0 Å². The molecule has 0 saturated carbocycles. The van der Waals surface area contributed by atoms with Crippen LogP contribution in [0.5, 0.6) is 0 Å². The summed E-state index contributed by atoms with van der Waals surface area (Å²) >= 11 is 0. The molecule has 0 atom stereocenters. The molecule has 0 aliphatic carbocycles. The van der Waals surface area contributed by atoms with Crippen LogP contribution in [0.3, 0.4) is 0 Å². The quantitative estimate of drug-likeness (QED) is 0.475. The minimum absolute atomic E-state index is 0.184. The first-order valence-corrected chi connectivity index (χ1v) is 13.3. The minimum Gasteiger partial charge on any atom is -0.373 e. The van der Waals surface area contributed by atoms with Crippen molar-refractivity contribution in [3.63, 3.8) is 0 Å². The highest BCUT2D eigenvalue weighted by Crippen LogP contribution is 2.44. The van der Waals surface area contributed by atoms with Crippen LogP contribution >= 0.6 is 0 Å². The standard InChI is InChI=1S/C20H33NO3SSi/c1-15(2)26(16(3)4,17(5)6)21-12-11-19-14-18(9-10-20(19)21)8-7-13-25(22,23)24/h9-12,14-17H,7-8,13H2,1-6H3,(H,22,23,24). The highest BCUT2D eigenvalue weighted by Gasteiger charge is 2.45. The zero-order valence-corrected chi connectivity index (χ0v) is 18.7. The molecule has 0 bridgehead atoms. The molecule has 0 fully saturated rings. The summed E-state index contributed by atoms with van der Waals surface area (Å²) in [7, 11) is -5.66. The predicted octanol–water partition coefficient (Wildman–Crippen LogP) is 5.49. The molecule has 2 aromatic rings. The van der Waals surface area contributed by atoms with Gasteiger partial charge in [-0.25, -0.2) is 0 Å². The normalized spacial score (nSPS) is 13.5. The molecule has 0 aliphatic heterocycles. The molecule has 1 heterocycles. The van der Waals surface area contributed by atoms with Gasteiger partial charge in [-0.3, -0.25) is 4.55 Å². The third kappa shape index (κ3) is 4.07. The SMILES string of the molecule is CC(C)[Si](C(C)C)(C(C)C)n1ccc2cc(CCCS(=O)(=O)O)ccc21. The van der Waals surface area contributed by atoms with Crippen molar-refractivity contribution in [3.8, 4) is 0 Å². The van der Waals surface area contributed by atoms with Gasteiger partial charge in [0, 0.05) is 5.52 Å². The van der Waals surface area contributed by atoms with E-state index in [0.29, 0.717) is 29.5 Å². The fourth-order valence-electron chi connectivity index (χ4n) is 4.98. The fourth-order valence-corrected chi connectivity index (χ4v) is 12.1. The molecule has 1 aromatic heterocycles.